The Kier molecular flexibility index (Phi) is 7.65. The summed E-state index contributed by atoms with van der Waals surface area (Å²) in [5.41, 5.74) is 5.84. The minimum Gasteiger partial charge on any atom is -0.507 e. The molecule has 0 aliphatic carbocycles. The molecule has 2 N–H and O–H groups in total. The fourth-order valence-corrected chi connectivity index (χ4v) is 5.13. The van der Waals surface area contributed by atoms with Gasteiger partial charge in [0.25, 0.3) is 0 Å². The zero-order valence-electron chi connectivity index (χ0n) is 23.1. The van der Waals surface area contributed by atoms with E-state index in [1.165, 1.54) is 0 Å². The van der Waals surface area contributed by atoms with E-state index in [4.69, 9.17) is 23.9 Å². The molecule has 41 heavy (non-hydrogen) atoms. The molecule has 0 saturated carbocycles. The predicted octanol–water partition coefficient (Wildman–Crippen LogP) is 7.01. The zero-order valence-corrected chi connectivity index (χ0v) is 23.1. The Balaban J connectivity index is 1.36. The number of allylic oxidation sites excluding steroid dienone is 1. The molecule has 1 saturated heterocycles. The van der Waals surface area contributed by atoms with Crippen LogP contribution in [0.3, 0.4) is 0 Å². The third-order valence-corrected chi connectivity index (χ3v) is 7.27. The minimum atomic E-state index is -1.05. The summed E-state index contributed by atoms with van der Waals surface area (Å²) in [5, 5.41) is 10.6. The summed E-state index contributed by atoms with van der Waals surface area (Å²) < 4.78 is 18.9. The van der Waals surface area contributed by atoms with E-state index in [1.54, 1.807) is 6.07 Å². The molecule has 2 aliphatic rings. The van der Waals surface area contributed by atoms with Gasteiger partial charge in [-0.1, -0.05) is 92.3 Å². The summed E-state index contributed by atoms with van der Waals surface area (Å²) >= 11 is 0. The molecule has 2 aliphatic heterocycles. The lowest BCUT2D eigenvalue weighted by Gasteiger charge is -2.37. The molecule has 2 heterocycles. The van der Waals surface area contributed by atoms with Crippen molar-refractivity contribution >= 4 is 6.08 Å². The Hall–Kier alpha value is -4.30. The molecule has 6 rings (SSSR count). The van der Waals surface area contributed by atoms with Crippen LogP contribution in [0, 0.1) is 5.92 Å². The number of phenolic OH excluding ortho intramolecular Hbond substituents is 1. The summed E-state index contributed by atoms with van der Waals surface area (Å²) in [6, 6.07) is 29.2. The average Bonchev–Trinajstić information content (AvgIpc) is 3.45. The van der Waals surface area contributed by atoms with Crippen molar-refractivity contribution in [2.75, 3.05) is 6.61 Å². The lowest BCUT2D eigenvalue weighted by Crippen LogP contribution is -2.42. The van der Waals surface area contributed by atoms with E-state index in [9.17, 15) is 5.11 Å². The lowest BCUT2D eigenvalue weighted by molar-refractivity contribution is -0.127. The second kappa shape index (κ2) is 11.7. The van der Waals surface area contributed by atoms with Crippen molar-refractivity contribution in [1.82, 2.24) is 5.64 Å². The molecule has 4 aromatic rings. The van der Waals surface area contributed by atoms with Gasteiger partial charge in [-0.3, -0.25) is 9.68 Å². The van der Waals surface area contributed by atoms with E-state index < -0.39 is 11.7 Å². The molecule has 0 radical (unpaired) electrons. The molecule has 0 bridgehead atoms. The van der Waals surface area contributed by atoms with Crippen molar-refractivity contribution in [2.45, 2.75) is 38.8 Å². The molecule has 210 valence electrons. The zero-order chi connectivity index (χ0) is 28.2. The maximum Gasteiger partial charge on any atom is 0.187 e. The average molecular weight is 552 g/mol. The Labute approximate surface area is 239 Å². The van der Waals surface area contributed by atoms with Crippen molar-refractivity contribution in [3.8, 4) is 23.0 Å². The topological polar surface area (TPSA) is 78.4 Å². The number of benzene rings is 4. The quantitative estimate of drug-likeness (QED) is 0.232. The van der Waals surface area contributed by atoms with Crippen LogP contribution in [0.2, 0.25) is 0 Å². The molecule has 1 unspecified atom stereocenters. The summed E-state index contributed by atoms with van der Waals surface area (Å²) in [6.07, 6.45) is 3.35. The van der Waals surface area contributed by atoms with E-state index in [1.807, 2.05) is 97.1 Å². The van der Waals surface area contributed by atoms with Gasteiger partial charge in [0.15, 0.2) is 5.60 Å². The van der Waals surface area contributed by atoms with Crippen molar-refractivity contribution in [3.63, 3.8) is 0 Å². The van der Waals surface area contributed by atoms with Gasteiger partial charge in [0, 0.05) is 17.2 Å². The highest BCUT2D eigenvalue weighted by Crippen LogP contribution is 2.54. The van der Waals surface area contributed by atoms with Crippen LogP contribution in [0.1, 0.15) is 47.8 Å². The summed E-state index contributed by atoms with van der Waals surface area (Å²) in [5.74, 6) is 2.30. The number of ether oxygens (including phenoxy) is 3. The lowest BCUT2D eigenvalue weighted by atomic mass is 9.81. The first-order chi connectivity index (χ1) is 20.0. The smallest absolute Gasteiger partial charge is 0.187 e. The molecule has 0 amide bonds. The van der Waals surface area contributed by atoms with Crippen LogP contribution in [0.4, 0.5) is 0 Å². The van der Waals surface area contributed by atoms with Gasteiger partial charge in [0.1, 0.15) is 48.9 Å². The predicted molar refractivity (Wildman–Crippen MR) is 155 cm³/mol. The van der Waals surface area contributed by atoms with E-state index in [0.717, 1.165) is 22.3 Å². The molecule has 4 aromatic carbocycles. The largest absolute Gasteiger partial charge is 0.507 e. The van der Waals surface area contributed by atoms with Crippen LogP contribution in [0.25, 0.3) is 6.08 Å². The number of rotatable bonds is 9. The Morgan fingerprint density at radius 2 is 1.63 bits per heavy atom. The van der Waals surface area contributed by atoms with Crippen molar-refractivity contribution in [3.05, 3.63) is 125 Å². The van der Waals surface area contributed by atoms with Crippen LogP contribution in [-0.2, 0) is 28.5 Å². The van der Waals surface area contributed by atoms with E-state index in [-0.39, 0.29) is 12.4 Å². The molecule has 0 spiro atoms. The summed E-state index contributed by atoms with van der Waals surface area (Å²) in [7, 11) is 0. The Morgan fingerprint density at radius 1 is 0.927 bits per heavy atom. The number of hydrogen-bond acceptors (Lipinski definition) is 7. The highest BCUT2D eigenvalue weighted by Gasteiger charge is 2.55. The third-order valence-electron chi connectivity index (χ3n) is 7.27. The maximum atomic E-state index is 10.6. The number of nitrogens with one attached hydrogen (secondary N) is 1. The second-order valence-corrected chi connectivity index (χ2v) is 10.6. The van der Waals surface area contributed by atoms with E-state index in [2.05, 4.69) is 19.5 Å². The fraction of sp³-hybridized carbons (Fsp3) is 0.235. The van der Waals surface area contributed by atoms with E-state index >= 15 is 0 Å². The van der Waals surface area contributed by atoms with Crippen LogP contribution in [-0.4, -0.2) is 11.7 Å². The molecular weight excluding hydrogens is 518 g/mol. The van der Waals surface area contributed by atoms with Gasteiger partial charge in [-0.25, -0.2) is 0 Å². The van der Waals surface area contributed by atoms with Crippen molar-refractivity contribution in [2.24, 2.45) is 5.92 Å². The van der Waals surface area contributed by atoms with Crippen molar-refractivity contribution in [1.29, 1.82) is 0 Å². The number of fused-ring (bicyclic) bond motifs is 3. The summed E-state index contributed by atoms with van der Waals surface area (Å²) in [4.78, 5) is 12.1. The second-order valence-electron chi connectivity index (χ2n) is 10.6. The molecule has 2 atom stereocenters. The molecule has 0 aromatic heterocycles. The number of hydrogen-bond donors (Lipinski definition) is 2. The highest BCUT2D eigenvalue weighted by molar-refractivity contribution is 5.68. The fourth-order valence-electron chi connectivity index (χ4n) is 5.13. The molecule has 1 fully saturated rings. The highest BCUT2D eigenvalue weighted by atomic mass is 17.0. The minimum absolute atomic E-state index is 0.134. The standard InChI is InChI=1S/C34H33NO6/c1-23(2)13-15-27-30(36)18-16-28-32(27)39-22-34(33(28)40-35-41-34)29-17-14-26(37-20-24-9-5-3-6-10-24)19-31(29)38-21-25-11-7-4-8-12-25/h3-19,23,33,35-36H,20-22H2,1-2H3/b15-13-/t33?,34-/m0/s1. The van der Waals surface area contributed by atoms with Gasteiger partial charge in [-0.05, 0) is 41.3 Å². The molecule has 7 nitrogen and oxygen atoms in total. The van der Waals surface area contributed by atoms with Crippen LogP contribution < -0.4 is 19.9 Å². The molecule has 7 heteroatoms. The first-order valence-electron chi connectivity index (χ1n) is 13.8. The van der Waals surface area contributed by atoms with Gasteiger partial charge in [0.05, 0.1) is 5.56 Å². The van der Waals surface area contributed by atoms with E-state index in [0.29, 0.717) is 41.9 Å². The van der Waals surface area contributed by atoms with Gasteiger partial charge in [-0.2, -0.15) is 0 Å². The van der Waals surface area contributed by atoms with Crippen LogP contribution in [0.5, 0.6) is 23.0 Å². The van der Waals surface area contributed by atoms with Gasteiger partial charge in [0.2, 0.25) is 0 Å². The van der Waals surface area contributed by atoms with Gasteiger partial charge in [-0.15, -0.1) is 0 Å². The maximum absolute atomic E-state index is 10.6. The van der Waals surface area contributed by atoms with Gasteiger partial charge < -0.3 is 19.3 Å². The third kappa shape index (κ3) is 5.52. The van der Waals surface area contributed by atoms with Crippen molar-refractivity contribution < 1.29 is 29.0 Å². The SMILES string of the molecule is CC(C)/C=C\c1c(O)ccc2c1OC[C@@]1(c3ccc(OCc4ccccc4)cc3OCc3ccccc3)ONOC21. The monoisotopic (exact) mass is 551 g/mol. The molecular formula is C34H33NO6. The Morgan fingerprint density at radius 3 is 2.34 bits per heavy atom. The van der Waals surface area contributed by atoms with Gasteiger partial charge >= 0.3 is 0 Å². The summed E-state index contributed by atoms with van der Waals surface area (Å²) in [6.45, 7) is 5.09. The first-order valence-corrected chi connectivity index (χ1v) is 13.8. The van der Waals surface area contributed by atoms with Crippen LogP contribution in [0.15, 0.2) is 97.1 Å². The Bertz CT molecular complexity index is 1520. The normalized spacial score (nSPS) is 19.5. The van der Waals surface area contributed by atoms with Crippen LogP contribution >= 0.6 is 0 Å². The first kappa shape index (κ1) is 26.9. The number of phenols is 1. The number of aromatic hydroxyl groups is 1.